The molecule has 0 spiro atoms. The Hall–Kier alpha value is -2.09. The maximum absolute atomic E-state index is 6.84. The molecule has 2 aromatic carbocycles. The zero-order valence-corrected chi connectivity index (χ0v) is 24.6. The van der Waals surface area contributed by atoms with E-state index in [1.54, 1.807) is 0 Å². The van der Waals surface area contributed by atoms with Gasteiger partial charge in [0.2, 0.25) is 0 Å². The molecule has 0 saturated carbocycles. The first-order chi connectivity index (χ1) is 15.6. The Balaban J connectivity index is 2.17. The van der Waals surface area contributed by atoms with Crippen LogP contribution >= 0.6 is 0 Å². The number of benzene rings is 2. The zero-order chi connectivity index (χ0) is 25.4. The molecular formula is C30H40O2Si2. The Kier molecular flexibility index (Phi) is 7.42. The molecule has 34 heavy (non-hydrogen) atoms. The van der Waals surface area contributed by atoms with E-state index < -0.39 is 16.6 Å². The fraction of sp³-hybridized carbons (Fsp3) is 0.467. The fourth-order valence-electron chi connectivity index (χ4n) is 3.25. The minimum atomic E-state index is -2.06. The third-order valence-electron chi connectivity index (χ3n) is 7.60. The summed E-state index contributed by atoms with van der Waals surface area (Å²) >= 11 is 0. The van der Waals surface area contributed by atoms with Gasteiger partial charge in [-0.1, -0.05) is 102 Å². The van der Waals surface area contributed by atoms with Crippen LogP contribution in [0.1, 0.15) is 76.0 Å². The average molecular weight is 489 g/mol. The van der Waals surface area contributed by atoms with Crippen molar-refractivity contribution in [1.82, 2.24) is 0 Å². The van der Waals surface area contributed by atoms with Crippen molar-refractivity contribution >= 4 is 16.6 Å². The molecule has 0 heterocycles. The van der Waals surface area contributed by atoms with E-state index in [1.807, 2.05) is 24.3 Å². The molecule has 0 amide bonds. The van der Waals surface area contributed by atoms with Crippen LogP contribution in [-0.2, 0) is 8.85 Å². The maximum Gasteiger partial charge on any atom is 0.194 e. The molecule has 0 fully saturated rings. The number of hydrogen-bond donors (Lipinski definition) is 0. The Labute approximate surface area is 209 Å². The van der Waals surface area contributed by atoms with Crippen molar-refractivity contribution in [2.75, 3.05) is 0 Å². The lowest BCUT2D eigenvalue weighted by Crippen LogP contribution is -2.42. The summed E-state index contributed by atoms with van der Waals surface area (Å²) in [5.41, 5.74) is 4.00. The van der Waals surface area contributed by atoms with Crippen LogP contribution in [0.5, 0.6) is 0 Å². The van der Waals surface area contributed by atoms with Crippen LogP contribution in [0.2, 0.25) is 36.3 Å². The Morgan fingerprint density at radius 3 is 1.24 bits per heavy atom. The van der Waals surface area contributed by atoms with Crippen molar-refractivity contribution in [2.24, 2.45) is 0 Å². The molecule has 2 atom stereocenters. The summed E-state index contributed by atoms with van der Waals surface area (Å²) < 4.78 is 13.7. The standard InChI is InChI=1S/C30H40O2Si2/c1-29(2,3)33(7,8)31-27-21-19-24-16-12-14-18-26(24)28(32-34(9,10)30(4,5)6)22-20-23-15-11-13-17-25(23)27/h11-18,27-28H,1-10H3. The highest BCUT2D eigenvalue weighted by atomic mass is 28.4. The molecular weight excluding hydrogens is 449 g/mol. The number of rotatable bonds is 4. The summed E-state index contributed by atoms with van der Waals surface area (Å²) in [7, 11) is -4.11. The van der Waals surface area contributed by atoms with Crippen LogP contribution in [0.3, 0.4) is 0 Å². The van der Waals surface area contributed by atoms with E-state index in [0.717, 1.165) is 22.3 Å². The highest BCUT2D eigenvalue weighted by Crippen LogP contribution is 2.41. The van der Waals surface area contributed by atoms with Crippen LogP contribution < -0.4 is 0 Å². The van der Waals surface area contributed by atoms with E-state index in [9.17, 15) is 0 Å². The highest BCUT2D eigenvalue weighted by molar-refractivity contribution is 6.74. The molecule has 180 valence electrons. The van der Waals surface area contributed by atoms with Gasteiger partial charge in [0, 0.05) is 22.3 Å². The fourth-order valence-corrected chi connectivity index (χ4v) is 5.51. The quantitative estimate of drug-likeness (QED) is 0.319. The van der Waals surface area contributed by atoms with Gasteiger partial charge in [-0.05, 0) is 48.4 Å². The summed E-state index contributed by atoms with van der Waals surface area (Å²) in [6.45, 7) is 22.7. The van der Waals surface area contributed by atoms with Crippen molar-refractivity contribution in [3.63, 3.8) is 0 Å². The van der Waals surface area contributed by atoms with Gasteiger partial charge < -0.3 is 8.85 Å². The number of hydrogen-bond acceptors (Lipinski definition) is 2. The lowest BCUT2D eigenvalue weighted by atomic mass is 9.98. The SMILES string of the molecule is CC(C)(C)[Si](C)(C)OC1C#Cc2ccccc2C(O[Si](C)(C)C(C)(C)C)C#Cc2ccccc21. The maximum atomic E-state index is 6.84. The van der Waals surface area contributed by atoms with Crippen LogP contribution in [0.25, 0.3) is 0 Å². The normalized spacial score (nSPS) is 18.5. The lowest BCUT2D eigenvalue weighted by Gasteiger charge is -2.38. The van der Waals surface area contributed by atoms with Gasteiger partial charge >= 0.3 is 0 Å². The monoisotopic (exact) mass is 488 g/mol. The van der Waals surface area contributed by atoms with Gasteiger partial charge in [-0.2, -0.15) is 0 Å². The van der Waals surface area contributed by atoms with E-state index in [0.29, 0.717) is 0 Å². The molecule has 2 unspecified atom stereocenters. The molecule has 0 saturated heterocycles. The van der Waals surface area contributed by atoms with Crippen molar-refractivity contribution in [2.45, 2.75) is 90.0 Å². The predicted molar refractivity (Wildman–Crippen MR) is 149 cm³/mol. The first-order valence-electron chi connectivity index (χ1n) is 12.2. The largest absolute Gasteiger partial charge is 0.399 e. The smallest absolute Gasteiger partial charge is 0.194 e. The second kappa shape index (κ2) is 9.52. The van der Waals surface area contributed by atoms with Crippen molar-refractivity contribution in [1.29, 1.82) is 0 Å². The minimum Gasteiger partial charge on any atom is -0.399 e. The summed E-state index contributed by atoms with van der Waals surface area (Å²) in [6.07, 6.45) is -0.644. The first-order valence-corrected chi connectivity index (χ1v) is 18.0. The molecule has 0 N–H and O–H groups in total. The molecule has 0 aliphatic heterocycles. The zero-order valence-electron chi connectivity index (χ0n) is 22.6. The summed E-state index contributed by atoms with van der Waals surface area (Å²) in [5.74, 6) is 13.9. The Bertz CT molecular complexity index is 1060. The van der Waals surface area contributed by atoms with Gasteiger partial charge in [0.25, 0.3) is 0 Å². The highest BCUT2D eigenvalue weighted by Gasteiger charge is 2.41. The lowest BCUT2D eigenvalue weighted by molar-refractivity contribution is 0.236. The second-order valence-corrected chi connectivity index (χ2v) is 21.7. The topological polar surface area (TPSA) is 18.5 Å². The minimum absolute atomic E-state index is 0.0879. The first kappa shape index (κ1) is 26.5. The van der Waals surface area contributed by atoms with E-state index in [-0.39, 0.29) is 22.3 Å². The van der Waals surface area contributed by atoms with Gasteiger partial charge in [0.1, 0.15) is 12.2 Å². The van der Waals surface area contributed by atoms with Crippen molar-refractivity contribution < 1.29 is 8.85 Å². The Morgan fingerprint density at radius 1 is 0.588 bits per heavy atom. The number of fused-ring (bicyclic) bond motifs is 2. The molecule has 1 aliphatic rings. The molecule has 2 aromatic rings. The molecule has 0 radical (unpaired) electrons. The van der Waals surface area contributed by atoms with Gasteiger partial charge in [0.05, 0.1) is 0 Å². The third-order valence-corrected chi connectivity index (χ3v) is 16.5. The van der Waals surface area contributed by atoms with Gasteiger partial charge in [0.15, 0.2) is 16.6 Å². The van der Waals surface area contributed by atoms with E-state index in [4.69, 9.17) is 8.85 Å². The predicted octanol–water partition coefficient (Wildman–Crippen LogP) is 8.23. The van der Waals surface area contributed by atoms with E-state index in [2.05, 4.69) is 116 Å². The van der Waals surface area contributed by atoms with Crippen LogP contribution in [-0.4, -0.2) is 16.6 Å². The van der Waals surface area contributed by atoms with Gasteiger partial charge in [-0.25, -0.2) is 0 Å². The van der Waals surface area contributed by atoms with E-state index in [1.165, 1.54) is 0 Å². The van der Waals surface area contributed by atoms with E-state index >= 15 is 0 Å². The van der Waals surface area contributed by atoms with Gasteiger partial charge in [-0.15, -0.1) is 0 Å². The second-order valence-electron chi connectivity index (χ2n) is 12.2. The summed E-state index contributed by atoms with van der Waals surface area (Å²) in [4.78, 5) is 0. The van der Waals surface area contributed by atoms with Gasteiger partial charge in [-0.3, -0.25) is 0 Å². The van der Waals surface area contributed by atoms with Crippen LogP contribution in [0.15, 0.2) is 48.5 Å². The van der Waals surface area contributed by atoms with Crippen molar-refractivity contribution in [3.8, 4) is 23.7 Å². The molecule has 0 bridgehead atoms. The third kappa shape index (κ3) is 5.76. The Morgan fingerprint density at radius 2 is 0.912 bits per heavy atom. The summed E-state index contributed by atoms with van der Waals surface area (Å²) in [5, 5.41) is 0.176. The van der Waals surface area contributed by atoms with Crippen LogP contribution in [0, 0.1) is 23.7 Å². The van der Waals surface area contributed by atoms with Crippen molar-refractivity contribution in [3.05, 3.63) is 70.8 Å². The van der Waals surface area contributed by atoms with Crippen LogP contribution in [0.4, 0.5) is 0 Å². The molecule has 2 nitrogen and oxygen atoms in total. The molecule has 0 aromatic heterocycles. The molecule has 4 heteroatoms. The average Bonchev–Trinajstić information content (AvgIpc) is 2.72. The molecule has 1 aliphatic carbocycles. The molecule has 3 rings (SSSR count). The summed E-state index contributed by atoms with van der Waals surface area (Å²) in [6, 6.07) is 16.5.